The highest BCUT2D eigenvalue weighted by Gasteiger charge is 2.40. The van der Waals surface area contributed by atoms with Crippen LogP contribution in [0.25, 0.3) is 0 Å². The minimum absolute atomic E-state index is 0.104. The largest absolute Gasteiger partial charge is 0.480 e. The number of hydrogen-bond acceptors (Lipinski definition) is 2. The molecule has 2 rings (SSSR count). The number of rotatable bonds is 2. The van der Waals surface area contributed by atoms with E-state index >= 15 is 0 Å². The molecule has 1 saturated heterocycles. The third-order valence-corrected chi connectivity index (χ3v) is 3.01. The minimum Gasteiger partial charge on any atom is -0.480 e. The Hall–Kier alpha value is -1.26. The van der Waals surface area contributed by atoms with Crippen LogP contribution < -0.4 is 5.32 Å². The summed E-state index contributed by atoms with van der Waals surface area (Å²) in [5.74, 6) is -0.939. The van der Waals surface area contributed by atoms with Crippen LogP contribution in [0.1, 0.15) is 25.7 Å². The maximum Gasteiger partial charge on any atom is 0.323 e. The highest BCUT2D eigenvalue weighted by atomic mass is 16.4. The molecule has 5 heteroatoms. The van der Waals surface area contributed by atoms with Crippen molar-refractivity contribution >= 4 is 12.0 Å². The Morgan fingerprint density at radius 1 is 1.50 bits per heavy atom. The van der Waals surface area contributed by atoms with Crippen LogP contribution in [0.2, 0.25) is 0 Å². The van der Waals surface area contributed by atoms with Crippen LogP contribution in [0.15, 0.2) is 0 Å². The molecule has 14 heavy (non-hydrogen) atoms. The summed E-state index contributed by atoms with van der Waals surface area (Å²) in [6, 6.07) is 0.0623. The Bertz CT molecular complexity index is 267. The lowest BCUT2D eigenvalue weighted by Gasteiger charge is -2.28. The molecule has 2 aliphatic rings. The molecule has 1 saturated carbocycles. The molecular weight excluding hydrogens is 184 g/mol. The van der Waals surface area contributed by atoms with Crippen molar-refractivity contribution in [3.63, 3.8) is 0 Å². The average molecular weight is 198 g/mol. The van der Waals surface area contributed by atoms with Gasteiger partial charge in [0.05, 0.1) is 12.1 Å². The molecule has 0 spiro atoms. The zero-order chi connectivity index (χ0) is 10.1. The van der Waals surface area contributed by atoms with E-state index < -0.39 is 5.97 Å². The number of carboxylic acids is 1. The van der Waals surface area contributed by atoms with Gasteiger partial charge >= 0.3 is 12.0 Å². The first-order valence-corrected chi connectivity index (χ1v) is 4.97. The van der Waals surface area contributed by atoms with Crippen molar-refractivity contribution in [3.8, 4) is 0 Å². The normalized spacial score (nSPS) is 31.1. The maximum atomic E-state index is 11.4. The van der Waals surface area contributed by atoms with Gasteiger partial charge < -0.3 is 15.3 Å². The molecule has 0 aromatic carbocycles. The maximum absolute atomic E-state index is 11.4. The van der Waals surface area contributed by atoms with Crippen molar-refractivity contribution in [2.45, 2.75) is 37.8 Å². The highest BCUT2D eigenvalue weighted by molar-refractivity contribution is 5.82. The van der Waals surface area contributed by atoms with Gasteiger partial charge in [-0.1, -0.05) is 12.8 Å². The molecule has 1 heterocycles. The first kappa shape index (κ1) is 9.30. The molecule has 2 N–H and O–H groups in total. The first-order valence-electron chi connectivity index (χ1n) is 4.97. The second-order valence-electron chi connectivity index (χ2n) is 3.93. The fourth-order valence-corrected chi connectivity index (χ4v) is 2.38. The van der Waals surface area contributed by atoms with Gasteiger partial charge in [0.15, 0.2) is 0 Å². The molecule has 0 aromatic heterocycles. The van der Waals surface area contributed by atoms with Crippen LogP contribution in [0.4, 0.5) is 4.79 Å². The smallest absolute Gasteiger partial charge is 0.323 e. The summed E-state index contributed by atoms with van der Waals surface area (Å²) < 4.78 is 0. The van der Waals surface area contributed by atoms with Crippen molar-refractivity contribution in [1.29, 1.82) is 0 Å². The minimum atomic E-state index is -0.939. The van der Waals surface area contributed by atoms with Crippen LogP contribution in [-0.2, 0) is 4.79 Å². The van der Waals surface area contributed by atoms with Crippen molar-refractivity contribution in [3.05, 3.63) is 0 Å². The van der Waals surface area contributed by atoms with E-state index in [-0.39, 0.29) is 24.7 Å². The van der Waals surface area contributed by atoms with Gasteiger partial charge in [-0.2, -0.15) is 0 Å². The number of carbonyl (C=O) groups excluding carboxylic acids is 1. The summed E-state index contributed by atoms with van der Waals surface area (Å²) in [5.41, 5.74) is 0. The van der Waals surface area contributed by atoms with E-state index in [4.69, 9.17) is 5.11 Å². The van der Waals surface area contributed by atoms with Crippen molar-refractivity contribution in [1.82, 2.24) is 10.2 Å². The lowest BCUT2D eigenvalue weighted by molar-refractivity contribution is -0.138. The SMILES string of the molecule is O=C(O)CN1C(=O)NC2CCCCC21. The number of aliphatic carboxylic acids is 1. The van der Waals surface area contributed by atoms with E-state index in [1.54, 1.807) is 0 Å². The van der Waals surface area contributed by atoms with Gasteiger partial charge in [-0.25, -0.2) is 4.79 Å². The first-order chi connectivity index (χ1) is 6.68. The van der Waals surface area contributed by atoms with Crippen molar-refractivity contribution in [2.75, 3.05) is 6.54 Å². The number of hydrogen-bond donors (Lipinski definition) is 2. The quantitative estimate of drug-likeness (QED) is 0.675. The third-order valence-electron chi connectivity index (χ3n) is 3.01. The molecule has 0 radical (unpaired) electrons. The summed E-state index contributed by atoms with van der Waals surface area (Å²) in [6.45, 7) is -0.174. The number of fused-ring (bicyclic) bond motifs is 1. The van der Waals surface area contributed by atoms with E-state index in [0.29, 0.717) is 0 Å². The summed E-state index contributed by atoms with van der Waals surface area (Å²) >= 11 is 0. The van der Waals surface area contributed by atoms with Crippen LogP contribution in [-0.4, -0.2) is 40.6 Å². The molecular formula is C9H14N2O3. The van der Waals surface area contributed by atoms with Crippen molar-refractivity contribution in [2.24, 2.45) is 0 Å². The number of carbonyl (C=O) groups is 2. The van der Waals surface area contributed by atoms with E-state index in [1.807, 2.05) is 0 Å². The number of urea groups is 1. The van der Waals surface area contributed by atoms with E-state index in [0.717, 1.165) is 25.7 Å². The van der Waals surface area contributed by atoms with Gasteiger partial charge in [0, 0.05) is 0 Å². The molecule has 2 fully saturated rings. The lowest BCUT2D eigenvalue weighted by atomic mass is 9.91. The zero-order valence-electron chi connectivity index (χ0n) is 7.90. The average Bonchev–Trinajstić information content (AvgIpc) is 2.43. The zero-order valence-corrected chi connectivity index (χ0v) is 7.90. The Kier molecular flexibility index (Phi) is 2.31. The lowest BCUT2D eigenvalue weighted by Crippen LogP contribution is -2.41. The van der Waals surface area contributed by atoms with Crippen molar-refractivity contribution < 1.29 is 14.7 Å². The second kappa shape index (κ2) is 3.48. The number of carboxylic acid groups (broad SMARTS) is 1. The van der Waals surface area contributed by atoms with Gasteiger partial charge in [-0.3, -0.25) is 4.79 Å². The Morgan fingerprint density at radius 2 is 2.21 bits per heavy atom. The summed E-state index contributed by atoms with van der Waals surface area (Å²) in [7, 11) is 0. The monoisotopic (exact) mass is 198 g/mol. The predicted molar refractivity (Wildman–Crippen MR) is 48.9 cm³/mol. The number of nitrogens with one attached hydrogen (secondary N) is 1. The molecule has 78 valence electrons. The third kappa shape index (κ3) is 1.54. The second-order valence-corrected chi connectivity index (χ2v) is 3.93. The van der Waals surface area contributed by atoms with E-state index in [9.17, 15) is 9.59 Å². The Labute approximate surface area is 82.1 Å². The van der Waals surface area contributed by atoms with Gasteiger partial charge in [-0.15, -0.1) is 0 Å². The molecule has 2 unspecified atom stereocenters. The van der Waals surface area contributed by atoms with Gasteiger partial charge in [0.2, 0.25) is 0 Å². The van der Waals surface area contributed by atoms with Gasteiger partial charge in [0.25, 0.3) is 0 Å². The van der Waals surface area contributed by atoms with E-state index in [1.165, 1.54) is 4.90 Å². The van der Waals surface area contributed by atoms with Gasteiger partial charge in [0.1, 0.15) is 6.54 Å². The fraction of sp³-hybridized carbons (Fsp3) is 0.778. The molecule has 1 aliphatic heterocycles. The van der Waals surface area contributed by atoms with Crippen LogP contribution >= 0.6 is 0 Å². The van der Waals surface area contributed by atoms with Crippen LogP contribution in [0.5, 0.6) is 0 Å². The Balaban J connectivity index is 2.07. The number of amides is 2. The van der Waals surface area contributed by atoms with E-state index in [2.05, 4.69) is 5.32 Å². The Morgan fingerprint density at radius 3 is 2.93 bits per heavy atom. The highest BCUT2D eigenvalue weighted by Crippen LogP contribution is 2.27. The number of nitrogens with zero attached hydrogens (tertiary/aromatic N) is 1. The topological polar surface area (TPSA) is 69.6 Å². The summed E-state index contributed by atoms with van der Waals surface area (Å²) in [5, 5.41) is 11.5. The molecule has 5 nitrogen and oxygen atoms in total. The molecule has 2 atom stereocenters. The molecule has 0 aromatic rings. The summed E-state index contributed by atoms with van der Waals surface area (Å²) in [6.07, 6.45) is 4.12. The molecule has 2 amide bonds. The van der Waals surface area contributed by atoms with Gasteiger partial charge in [-0.05, 0) is 12.8 Å². The fourth-order valence-electron chi connectivity index (χ4n) is 2.38. The van der Waals surface area contributed by atoms with Crippen LogP contribution in [0.3, 0.4) is 0 Å². The predicted octanol–water partition coefficient (Wildman–Crippen LogP) is 0.407. The molecule has 0 bridgehead atoms. The summed E-state index contributed by atoms with van der Waals surface area (Å²) in [4.78, 5) is 23.4. The van der Waals surface area contributed by atoms with Crippen LogP contribution in [0, 0.1) is 0 Å². The standard InChI is InChI=1S/C9H14N2O3/c12-8(13)5-11-7-4-2-1-3-6(7)10-9(11)14/h6-7H,1-5H2,(H,10,14)(H,12,13). The molecule has 1 aliphatic carbocycles.